The van der Waals surface area contributed by atoms with Crippen molar-refractivity contribution in [2.24, 2.45) is 0 Å². The number of ether oxygens (including phenoxy) is 1. The number of carbonyl (C=O) groups excluding carboxylic acids is 3. The molecular weight excluding hydrogens is 442 g/mol. The van der Waals surface area contributed by atoms with Crippen LogP contribution in [0.2, 0.25) is 0 Å². The fourth-order valence-corrected chi connectivity index (χ4v) is 3.55. The van der Waals surface area contributed by atoms with E-state index < -0.39 is 11.8 Å². The quantitative estimate of drug-likeness (QED) is 0.520. The molecule has 0 saturated heterocycles. The molecule has 0 radical (unpaired) electrons. The summed E-state index contributed by atoms with van der Waals surface area (Å²) in [5, 5.41) is 5.54. The number of hydrogen-bond donors (Lipinski definition) is 2. The lowest BCUT2D eigenvalue weighted by atomic mass is 10.1. The number of para-hydroxylation sites is 1. The monoisotopic (exact) mass is 461 g/mol. The van der Waals surface area contributed by atoms with Gasteiger partial charge in [-0.25, -0.2) is 4.90 Å². The second kappa shape index (κ2) is 9.18. The first-order valence-corrected chi connectivity index (χ1v) is 10.4. The molecule has 0 fully saturated rings. The van der Waals surface area contributed by atoms with Crippen molar-refractivity contribution < 1.29 is 19.1 Å². The van der Waals surface area contributed by atoms with Gasteiger partial charge in [-0.3, -0.25) is 14.4 Å². The first-order valence-electron chi connectivity index (χ1n) is 10.1. The van der Waals surface area contributed by atoms with E-state index in [1.165, 1.54) is 7.11 Å². The summed E-state index contributed by atoms with van der Waals surface area (Å²) in [5.41, 5.74) is 2.62. The highest BCUT2D eigenvalue weighted by Gasteiger charge is 2.39. The first kappa shape index (κ1) is 22.1. The number of nitrogens with zero attached hydrogens (tertiary/aromatic N) is 1. The molecule has 0 saturated carbocycles. The Hall–Kier alpha value is -4.10. The Morgan fingerprint density at radius 2 is 1.64 bits per heavy atom. The molecule has 0 aliphatic carbocycles. The van der Waals surface area contributed by atoms with Crippen LogP contribution in [-0.2, 0) is 9.59 Å². The lowest BCUT2D eigenvalue weighted by Gasteiger charge is -2.16. The van der Waals surface area contributed by atoms with Gasteiger partial charge in [-0.1, -0.05) is 35.9 Å². The number of anilines is 3. The number of imide groups is 1. The molecule has 166 valence electrons. The summed E-state index contributed by atoms with van der Waals surface area (Å²) in [7, 11) is 1.53. The van der Waals surface area contributed by atoms with Gasteiger partial charge in [0.2, 0.25) is 0 Å². The van der Waals surface area contributed by atoms with Crippen LogP contribution < -0.4 is 20.3 Å². The highest BCUT2D eigenvalue weighted by molar-refractivity contribution is 6.53. The van der Waals surface area contributed by atoms with Crippen LogP contribution in [0.25, 0.3) is 0 Å². The molecule has 0 spiro atoms. The molecule has 4 rings (SSSR count). The SMILES string of the molecule is COc1ccc(N2C(=O)C(Cl)=C(Nc3cc(C(=O)Nc4ccccc4)ccc3C)C2=O)cc1. The van der Waals surface area contributed by atoms with Gasteiger partial charge in [-0.2, -0.15) is 0 Å². The van der Waals surface area contributed by atoms with Crippen LogP contribution in [0.3, 0.4) is 0 Å². The van der Waals surface area contributed by atoms with Gasteiger partial charge in [-0.05, 0) is 61.0 Å². The van der Waals surface area contributed by atoms with Gasteiger partial charge in [0.05, 0.1) is 12.8 Å². The lowest BCUT2D eigenvalue weighted by Crippen LogP contribution is -2.32. The van der Waals surface area contributed by atoms with E-state index in [0.717, 1.165) is 10.5 Å². The maximum Gasteiger partial charge on any atom is 0.283 e. The predicted molar refractivity (Wildman–Crippen MR) is 128 cm³/mol. The summed E-state index contributed by atoms with van der Waals surface area (Å²) in [6, 6.07) is 20.6. The third-order valence-corrected chi connectivity index (χ3v) is 5.50. The minimum atomic E-state index is -0.634. The smallest absolute Gasteiger partial charge is 0.283 e. The van der Waals surface area contributed by atoms with E-state index in [4.69, 9.17) is 16.3 Å². The summed E-state index contributed by atoms with van der Waals surface area (Å²) in [6.07, 6.45) is 0. The van der Waals surface area contributed by atoms with E-state index in [2.05, 4.69) is 10.6 Å². The number of aryl methyl sites for hydroxylation is 1. The average Bonchev–Trinajstić information content (AvgIpc) is 3.04. The van der Waals surface area contributed by atoms with Gasteiger partial charge in [0.15, 0.2) is 0 Å². The number of rotatable bonds is 6. The Balaban J connectivity index is 1.57. The maximum absolute atomic E-state index is 13.0. The Bertz CT molecular complexity index is 1270. The van der Waals surface area contributed by atoms with E-state index in [-0.39, 0.29) is 16.6 Å². The Labute approximate surface area is 195 Å². The zero-order valence-electron chi connectivity index (χ0n) is 17.9. The molecule has 8 heteroatoms. The van der Waals surface area contributed by atoms with E-state index in [0.29, 0.717) is 28.4 Å². The Kier molecular flexibility index (Phi) is 6.15. The van der Waals surface area contributed by atoms with E-state index in [1.54, 1.807) is 54.6 Å². The molecule has 2 N–H and O–H groups in total. The molecular formula is C25H20ClN3O4. The summed E-state index contributed by atoms with van der Waals surface area (Å²) in [6.45, 7) is 1.82. The van der Waals surface area contributed by atoms with Crippen molar-refractivity contribution >= 4 is 46.4 Å². The molecule has 7 nitrogen and oxygen atoms in total. The summed E-state index contributed by atoms with van der Waals surface area (Å²) in [4.78, 5) is 39.4. The maximum atomic E-state index is 13.0. The van der Waals surface area contributed by atoms with Crippen molar-refractivity contribution in [3.8, 4) is 5.75 Å². The largest absolute Gasteiger partial charge is 0.497 e. The average molecular weight is 462 g/mol. The van der Waals surface area contributed by atoms with Crippen molar-refractivity contribution in [2.75, 3.05) is 22.6 Å². The molecule has 0 aromatic heterocycles. The third kappa shape index (κ3) is 4.44. The van der Waals surface area contributed by atoms with Crippen molar-refractivity contribution in [3.63, 3.8) is 0 Å². The molecule has 33 heavy (non-hydrogen) atoms. The van der Waals surface area contributed by atoms with Crippen LogP contribution in [0.4, 0.5) is 17.1 Å². The summed E-state index contributed by atoms with van der Waals surface area (Å²) in [5.74, 6) is -0.937. The zero-order chi connectivity index (χ0) is 23.5. The molecule has 0 unspecified atom stereocenters. The van der Waals surface area contributed by atoms with Crippen molar-refractivity contribution in [2.45, 2.75) is 6.92 Å². The molecule has 1 heterocycles. The normalized spacial score (nSPS) is 13.4. The van der Waals surface area contributed by atoms with Gasteiger partial charge >= 0.3 is 0 Å². The van der Waals surface area contributed by atoms with Gasteiger partial charge < -0.3 is 15.4 Å². The number of benzene rings is 3. The fourth-order valence-electron chi connectivity index (χ4n) is 3.33. The topological polar surface area (TPSA) is 87.7 Å². The van der Waals surface area contributed by atoms with Crippen LogP contribution in [0.5, 0.6) is 5.75 Å². The standard InChI is InChI=1S/C25H20ClN3O4/c1-15-8-9-16(23(30)27-17-6-4-3-5-7-17)14-20(15)28-22-21(26)24(31)29(25(22)32)18-10-12-19(33-2)13-11-18/h3-14,28H,1-2H3,(H,27,30). The fraction of sp³-hybridized carbons (Fsp3) is 0.0800. The minimum absolute atomic E-state index is 0.0544. The van der Waals surface area contributed by atoms with Crippen LogP contribution in [0.15, 0.2) is 83.5 Å². The van der Waals surface area contributed by atoms with E-state index >= 15 is 0 Å². The molecule has 0 bridgehead atoms. The third-order valence-electron chi connectivity index (χ3n) is 5.15. The second-order valence-corrected chi connectivity index (χ2v) is 7.69. The molecule has 1 aliphatic heterocycles. The van der Waals surface area contributed by atoms with Crippen LogP contribution in [-0.4, -0.2) is 24.8 Å². The van der Waals surface area contributed by atoms with Crippen molar-refractivity contribution in [3.05, 3.63) is 94.7 Å². The van der Waals surface area contributed by atoms with Crippen LogP contribution in [0, 0.1) is 6.92 Å². The molecule has 3 aromatic rings. The Morgan fingerprint density at radius 3 is 2.30 bits per heavy atom. The van der Waals surface area contributed by atoms with E-state index in [9.17, 15) is 14.4 Å². The van der Waals surface area contributed by atoms with Crippen LogP contribution in [0.1, 0.15) is 15.9 Å². The van der Waals surface area contributed by atoms with E-state index in [1.807, 2.05) is 25.1 Å². The highest BCUT2D eigenvalue weighted by atomic mass is 35.5. The van der Waals surface area contributed by atoms with Crippen molar-refractivity contribution in [1.29, 1.82) is 0 Å². The lowest BCUT2D eigenvalue weighted by molar-refractivity contribution is -0.120. The van der Waals surface area contributed by atoms with Gasteiger partial charge in [0.1, 0.15) is 16.5 Å². The number of carbonyl (C=O) groups is 3. The number of methoxy groups -OCH3 is 1. The zero-order valence-corrected chi connectivity index (χ0v) is 18.6. The minimum Gasteiger partial charge on any atom is -0.497 e. The van der Waals surface area contributed by atoms with Gasteiger partial charge in [0, 0.05) is 16.9 Å². The predicted octanol–water partition coefficient (Wildman–Crippen LogP) is 4.69. The summed E-state index contributed by atoms with van der Waals surface area (Å²) < 4.78 is 5.12. The van der Waals surface area contributed by atoms with Gasteiger partial charge in [-0.15, -0.1) is 0 Å². The molecule has 3 amide bonds. The second-order valence-electron chi connectivity index (χ2n) is 7.31. The van der Waals surface area contributed by atoms with Crippen LogP contribution >= 0.6 is 11.6 Å². The number of nitrogens with one attached hydrogen (secondary N) is 2. The highest BCUT2D eigenvalue weighted by Crippen LogP contribution is 2.32. The molecule has 3 aromatic carbocycles. The Morgan fingerprint density at radius 1 is 0.939 bits per heavy atom. The number of hydrogen-bond acceptors (Lipinski definition) is 5. The van der Waals surface area contributed by atoms with Gasteiger partial charge in [0.25, 0.3) is 17.7 Å². The number of halogens is 1. The van der Waals surface area contributed by atoms with Crippen molar-refractivity contribution in [1.82, 2.24) is 0 Å². The molecule has 1 aliphatic rings. The first-order chi connectivity index (χ1) is 15.9. The summed E-state index contributed by atoms with van der Waals surface area (Å²) >= 11 is 6.24. The number of amides is 3. The molecule has 0 atom stereocenters.